The second kappa shape index (κ2) is 9.89. The van der Waals surface area contributed by atoms with E-state index in [4.69, 9.17) is 4.74 Å². The molecule has 4 rings (SSSR count). The Morgan fingerprint density at radius 1 is 0.667 bits per heavy atom. The minimum Gasteiger partial charge on any atom is -0.380 e. The molecule has 0 aliphatic rings. The first-order chi connectivity index (χ1) is 15.9. The van der Waals surface area contributed by atoms with E-state index in [2.05, 4.69) is 11.8 Å². The topological polar surface area (TPSA) is 9.23 Å². The molecule has 0 heterocycles. The summed E-state index contributed by atoms with van der Waals surface area (Å²) in [4.78, 5) is 0. The molecule has 4 aromatic rings. The molecule has 5 heteroatoms. The molecule has 0 aliphatic carbocycles. The molecule has 0 N–H and O–H groups in total. The van der Waals surface area contributed by atoms with Crippen LogP contribution in [0.2, 0.25) is 0 Å². The lowest BCUT2D eigenvalue weighted by Gasteiger charge is -2.05. The Bertz CT molecular complexity index is 1370. The van der Waals surface area contributed by atoms with Crippen LogP contribution in [0.4, 0.5) is 17.6 Å². The standard InChI is InChI=1S/C28H20F4O/c1-33-17-21-6-3-18(4-7-21)2-5-20-9-12-22(25(29)15-20)11-8-19-10-13-24-23(14-19)16-26(30)28(32)27(24)31/h3-4,6-7,9-10,12-16H,2,5,17H2,1H3. The van der Waals surface area contributed by atoms with Crippen LogP contribution in [0, 0.1) is 35.1 Å². The first kappa shape index (κ1) is 22.6. The number of halogens is 4. The Morgan fingerprint density at radius 3 is 2.09 bits per heavy atom. The first-order valence-corrected chi connectivity index (χ1v) is 10.4. The Morgan fingerprint density at radius 2 is 1.36 bits per heavy atom. The zero-order valence-electron chi connectivity index (χ0n) is 17.9. The fourth-order valence-corrected chi connectivity index (χ4v) is 3.60. The molecule has 0 amide bonds. The predicted molar refractivity (Wildman–Crippen MR) is 121 cm³/mol. The van der Waals surface area contributed by atoms with Gasteiger partial charge in [0, 0.05) is 18.1 Å². The monoisotopic (exact) mass is 448 g/mol. The number of hydrogen-bond donors (Lipinski definition) is 0. The van der Waals surface area contributed by atoms with E-state index < -0.39 is 23.3 Å². The van der Waals surface area contributed by atoms with Gasteiger partial charge in [0.1, 0.15) is 5.82 Å². The molecule has 0 aliphatic heterocycles. The summed E-state index contributed by atoms with van der Waals surface area (Å²) < 4.78 is 60.4. The number of benzene rings is 4. The van der Waals surface area contributed by atoms with Gasteiger partial charge in [0.05, 0.1) is 12.2 Å². The molecule has 1 nitrogen and oxygen atoms in total. The minimum absolute atomic E-state index is 0.0386. The van der Waals surface area contributed by atoms with E-state index in [1.165, 1.54) is 24.3 Å². The smallest absolute Gasteiger partial charge is 0.195 e. The molecule has 0 fully saturated rings. The predicted octanol–water partition coefficient (Wildman–Crippen LogP) is 6.73. The quantitative estimate of drug-likeness (QED) is 0.187. The lowest BCUT2D eigenvalue weighted by atomic mass is 10.0. The number of rotatable bonds is 5. The number of hydrogen-bond acceptors (Lipinski definition) is 1. The van der Waals surface area contributed by atoms with E-state index >= 15 is 0 Å². The Labute approximate surface area is 189 Å². The third-order valence-corrected chi connectivity index (χ3v) is 5.38. The van der Waals surface area contributed by atoms with Crippen LogP contribution in [0.15, 0.2) is 66.7 Å². The summed E-state index contributed by atoms with van der Waals surface area (Å²) in [6.07, 6.45) is 1.47. The normalized spacial score (nSPS) is 10.8. The van der Waals surface area contributed by atoms with Gasteiger partial charge in [0.2, 0.25) is 0 Å². The third kappa shape index (κ3) is 5.24. The molecule has 166 valence electrons. The highest BCUT2D eigenvalue weighted by molar-refractivity contribution is 5.84. The van der Waals surface area contributed by atoms with Crippen LogP contribution in [0.5, 0.6) is 0 Å². The van der Waals surface area contributed by atoms with Gasteiger partial charge in [0.25, 0.3) is 0 Å². The van der Waals surface area contributed by atoms with Crippen LogP contribution in [-0.2, 0) is 24.2 Å². The van der Waals surface area contributed by atoms with Gasteiger partial charge in [-0.3, -0.25) is 0 Å². The Balaban J connectivity index is 1.47. The summed E-state index contributed by atoms with van der Waals surface area (Å²) in [6, 6.07) is 18.2. The van der Waals surface area contributed by atoms with Crippen LogP contribution in [0.1, 0.15) is 27.8 Å². The first-order valence-electron chi connectivity index (χ1n) is 10.4. The van der Waals surface area contributed by atoms with Crippen molar-refractivity contribution in [1.82, 2.24) is 0 Å². The average Bonchev–Trinajstić information content (AvgIpc) is 2.81. The number of aryl methyl sites for hydroxylation is 2. The van der Waals surface area contributed by atoms with Crippen LogP contribution >= 0.6 is 0 Å². The van der Waals surface area contributed by atoms with Crippen molar-refractivity contribution in [2.45, 2.75) is 19.4 Å². The maximum Gasteiger partial charge on any atom is 0.195 e. The van der Waals surface area contributed by atoms with Gasteiger partial charge in [-0.25, -0.2) is 17.6 Å². The van der Waals surface area contributed by atoms with Crippen molar-refractivity contribution in [3.8, 4) is 11.8 Å². The van der Waals surface area contributed by atoms with E-state index in [0.29, 0.717) is 18.6 Å². The molecule has 0 spiro atoms. The second-order valence-electron chi connectivity index (χ2n) is 7.74. The van der Waals surface area contributed by atoms with Gasteiger partial charge < -0.3 is 4.74 Å². The third-order valence-electron chi connectivity index (χ3n) is 5.38. The summed E-state index contributed by atoms with van der Waals surface area (Å²) in [5.41, 5.74) is 3.78. The van der Waals surface area contributed by atoms with Crippen LogP contribution in [0.25, 0.3) is 10.8 Å². The summed E-state index contributed by atoms with van der Waals surface area (Å²) in [5, 5.41) is 0.146. The van der Waals surface area contributed by atoms with Gasteiger partial charge in [0.15, 0.2) is 17.5 Å². The zero-order chi connectivity index (χ0) is 23.4. The number of methoxy groups -OCH3 is 1. The highest BCUT2D eigenvalue weighted by Crippen LogP contribution is 2.24. The van der Waals surface area contributed by atoms with E-state index in [1.807, 2.05) is 30.3 Å². The summed E-state index contributed by atoms with van der Waals surface area (Å²) in [7, 11) is 1.66. The fourth-order valence-electron chi connectivity index (χ4n) is 3.60. The van der Waals surface area contributed by atoms with Gasteiger partial charge in [-0.05, 0) is 65.3 Å². The highest BCUT2D eigenvalue weighted by atomic mass is 19.2. The van der Waals surface area contributed by atoms with Crippen molar-refractivity contribution in [3.05, 3.63) is 118 Å². The molecule has 0 radical (unpaired) electrons. The van der Waals surface area contributed by atoms with E-state index in [1.54, 1.807) is 13.2 Å². The fraction of sp³-hybridized carbons (Fsp3) is 0.143. The number of fused-ring (bicyclic) bond motifs is 1. The molecule has 0 bridgehead atoms. The second-order valence-corrected chi connectivity index (χ2v) is 7.74. The Kier molecular flexibility index (Phi) is 6.76. The molecule has 4 aromatic carbocycles. The molecule has 0 saturated carbocycles. The average molecular weight is 448 g/mol. The molecule has 0 atom stereocenters. The van der Waals surface area contributed by atoms with Crippen LogP contribution in [-0.4, -0.2) is 7.11 Å². The molecule has 33 heavy (non-hydrogen) atoms. The molecule has 0 aromatic heterocycles. The van der Waals surface area contributed by atoms with Crippen molar-refractivity contribution in [2.75, 3.05) is 7.11 Å². The lowest BCUT2D eigenvalue weighted by Crippen LogP contribution is -1.95. The molecule has 0 unspecified atom stereocenters. The van der Waals surface area contributed by atoms with Crippen molar-refractivity contribution in [2.24, 2.45) is 0 Å². The van der Waals surface area contributed by atoms with Crippen molar-refractivity contribution < 1.29 is 22.3 Å². The summed E-state index contributed by atoms with van der Waals surface area (Å²) in [6.45, 7) is 0.569. The Hall–Kier alpha value is -3.62. The lowest BCUT2D eigenvalue weighted by molar-refractivity contribution is 0.185. The number of ether oxygens (including phenoxy) is 1. The van der Waals surface area contributed by atoms with Crippen molar-refractivity contribution in [3.63, 3.8) is 0 Å². The van der Waals surface area contributed by atoms with Crippen molar-refractivity contribution in [1.29, 1.82) is 0 Å². The maximum atomic E-state index is 14.6. The maximum absolute atomic E-state index is 14.6. The molecular weight excluding hydrogens is 428 g/mol. The largest absolute Gasteiger partial charge is 0.380 e. The minimum atomic E-state index is -1.51. The van der Waals surface area contributed by atoms with Gasteiger partial charge in [-0.2, -0.15) is 0 Å². The van der Waals surface area contributed by atoms with E-state index in [-0.39, 0.29) is 16.3 Å². The summed E-state index contributed by atoms with van der Waals surface area (Å²) >= 11 is 0. The van der Waals surface area contributed by atoms with E-state index in [0.717, 1.165) is 29.2 Å². The summed E-state index contributed by atoms with van der Waals surface area (Å²) in [5.74, 6) is 1.11. The van der Waals surface area contributed by atoms with Crippen molar-refractivity contribution >= 4 is 10.8 Å². The van der Waals surface area contributed by atoms with Gasteiger partial charge in [-0.15, -0.1) is 0 Å². The van der Waals surface area contributed by atoms with Gasteiger partial charge in [-0.1, -0.05) is 48.2 Å². The van der Waals surface area contributed by atoms with E-state index in [9.17, 15) is 17.6 Å². The van der Waals surface area contributed by atoms with Crippen LogP contribution in [0.3, 0.4) is 0 Å². The van der Waals surface area contributed by atoms with Crippen LogP contribution < -0.4 is 0 Å². The SMILES string of the molecule is COCc1ccc(CCc2ccc(C#Cc3ccc4c(F)c(F)c(F)cc4c3)c(F)c2)cc1. The highest BCUT2D eigenvalue weighted by Gasteiger charge is 2.13. The molecular formula is C28H20F4O. The molecule has 0 saturated heterocycles. The zero-order valence-corrected chi connectivity index (χ0v) is 17.9. The van der Waals surface area contributed by atoms with Gasteiger partial charge >= 0.3 is 0 Å².